The molecule has 0 fully saturated rings. The van der Waals surface area contributed by atoms with Gasteiger partial charge in [0.2, 0.25) is 0 Å². The monoisotopic (exact) mass is 528 g/mol. The Kier molecular flexibility index (Phi) is 9.75. The van der Waals surface area contributed by atoms with Crippen LogP contribution in [0.25, 0.3) is 0 Å². The molecule has 0 spiro atoms. The van der Waals surface area contributed by atoms with Crippen LogP contribution >= 0.6 is 0 Å². The Morgan fingerprint density at radius 3 is 0.789 bits per heavy atom. The highest BCUT2D eigenvalue weighted by molar-refractivity contribution is 4.96. The molecule has 12 nitrogen and oxygen atoms in total. The molecule has 2 heterocycles. The minimum absolute atomic E-state index is 0.0456. The maximum absolute atomic E-state index is 13.0. The van der Waals surface area contributed by atoms with E-state index in [1.54, 1.807) is 27.7 Å². The lowest BCUT2D eigenvalue weighted by molar-refractivity contribution is 0.427. The first-order valence-electron chi connectivity index (χ1n) is 12.1. The molecule has 38 heavy (non-hydrogen) atoms. The number of hydrogen-bond donors (Lipinski definition) is 0. The largest absolute Gasteiger partial charge is 0.336 e. The van der Waals surface area contributed by atoms with Crippen molar-refractivity contribution in [3.8, 4) is 0 Å². The van der Waals surface area contributed by atoms with Crippen LogP contribution in [0.2, 0.25) is 0 Å². The van der Waals surface area contributed by atoms with E-state index in [-0.39, 0.29) is 52.1 Å². The van der Waals surface area contributed by atoms with Crippen LogP contribution in [0.3, 0.4) is 0 Å². The van der Waals surface area contributed by atoms with Crippen LogP contribution in [0, 0.1) is 0 Å². The molecule has 0 N–H and O–H groups in total. The van der Waals surface area contributed by atoms with Crippen molar-refractivity contribution in [3.63, 3.8) is 0 Å². The van der Waals surface area contributed by atoms with E-state index in [9.17, 15) is 28.8 Å². The van der Waals surface area contributed by atoms with Crippen molar-refractivity contribution in [3.05, 3.63) is 112 Å². The standard InChI is InChI=1S/C26H36N6O6/c1-17(2)13-29-21(33)27(22(34)30(25(29)37)14-18(3)4)11-9-10-12-28-23(35)31(15-19(5)6)26(38)32(24(28)36)16-20(7)8/h1,3,5,7,9-16H2,2,4,6,8H3. The van der Waals surface area contributed by atoms with Crippen molar-refractivity contribution >= 4 is 0 Å². The van der Waals surface area contributed by atoms with Crippen molar-refractivity contribution in [1.29, 1.82) is 0 Å². The van der Waals surface area contributed by atoms with E-state index in [4.69, 9.17) is 0 Å². The lowest BCUT2D eigenvalue weighted by Crippen LogP contribution is -2.55. The topological polar surface area (TPSA) is 132 Å². The van der Waals surface area contributed by atoms with Gasteiger partial charge in [0, 0.05) is 13.1 Å². The highest BCUT2D eigenvalue weighted by Gasteiger charge is 2.17. The number of allylic oxidation sites excluding steroid dienone is 4. The second-order valence-electron chi connectivity index (χ2n) is 9.88. The lowest BCUT2D eigenvalue weighted by atomic mass is 10.3. The van der Waals surface area contributed by atoms with Crippen molar-refractivity contribution < 1.29 is 0 Å². The zero-order chi connectivity index (χ0) is 28.9. The SMILES string of the molecule is C=C(C)Cn1c(=O)n(CCCCn2c(=O)n(CC(=C)C)c(=O)n(CC(=C)C)c2=O)c(=O)n(CC(=C)C)c1=O. The van der Waals surface area contributed by atoms with Gasteiger partial charge in [0.05, 0.1) is 26.2 Å². The number of unbranched alkanes of at least 4 members (excludes halogenated alkanes) is 1. The van der Waals surface area contributed by atoms with E-state index < -0.39 is 34.1 Å². The van der Waals surface area contributed by atoms with Gasteiger partial charge in [-0.3, -0.25) is 0 Å². The van der Waals surface area contributed by atoms with Gasteiger partial charge in [-0.25, -0.2) is 56.2 Å². The molecule has 12 heteroatoms. The Labute approximate surface area is 219 Å². The highest BCUT2D eigenvalue weighted by atomic mass is 16.2. The Morgan fingerprint density at radius 1 is 0.421 bits per heavy atom. The summed E-state index contributed by atoms with van der Waals surface area (Å²) in [6, 6.07) is 0. The quantitative estimate of drug-likeness (QED) is 0.274. The average Bonchev–Trinajstić information content (AvgIpc) is 2.80. The molecule has 0 amide bonds. The van der Waals surface area contributed by atoms with E-state index in [0.717, 1.165) is 27.4 Å². The Balaban J connectivity index is 2.45. The summed E-state index contributed by atoms with van der Waals surface area (Å²) in [5.74, 6) is 0. The van der Waals surface area contributed by atoms with Gasteiger partial charge in [-0.1, -0.05) is 48.6 Å². The van der Waals surface area contributed by atoms with Crippen molar-refractivity contribution in [2.45, 2.75) is 79.8 Å². The highest BCUT2D eigenvalue weighted by Crippen LogP contribution is 1.97. The third kappa shape index (κ3) is 6.75. The Bertz CT molecular complexity index is 1420. The van der Waals surface area contributed by atoms with Gasteiger partial charge in [-0.2, -0.15) is 0 Å². The van der Waals surface area contributed by atoms with Crippen LogP contribution < -0.4 is 34.1 Å². The third-order valence-corrected chi connectivity index (χ3v) is 5.50. The predicted octanol–water partition coefficient (Wildman–Crippen LogP) is 0.442. The van der Waals surface area contributed by atoms with Gasteiger partial charge < -0.3 is 0 Å². The molecule has 206 valence electrons. The zero-order valence-electron chi connectivity index (χ0n) is 22.6. The van der Waals surface area contributed by atoms with E-state index in [1.807, 2.05) is 0 Å². The maximum atomic E-state index is 13.0. The number of nitrogens with zero attached hydrogens (tertiary/aromatic N) is 6. The minimum atomic E-state index is -0.767. The first kappa shape index (κ1) is 30.0. The number of rotatable bonds is 13. The van der Waals surface area contributed by atoms with Gasteiger partial charge in [0.15, 0.2) is 0 Å². The molecule has 2 aromatic rings. The van der Waals surface area contributed by atoms with E-state index in [2.05, 4.69) is 26.3 Å². The van der Waals surface area contributed by atoms with Crippen LogP contribution in [0.5, 0.6) is 0 Å². The molecule has 2 aromatic heterocycles. The normalized spacial score (nSPS) is 10.9. The summed E-state index contributed by atoms with van der Waals surface area (Å²) in [6.07, 6.45) is 0.471. The summed E-state index contributed by atoms with van der Waals surface area (Å²) in [4.78, 5) is 77.5. The summed E-state index contributed by atoms with van der Waals surface area (Å²) < 4.78 is 5.69. The fraction of sp³-hybridized carbons (Fsp3) is 0.462. The summed E-state index contributed by atoms with van der Waals surface area (Å²) in [6.45, 7) is 21.3. The molecule has 0 saturated heterocycles. The van der Waals surface area contributed by atoms with Crippen LogP contribution in [0.1, 0.15) is 40.5 Å². The fourth-order valence-corrected chi connectivity index (χ4v) is 3.91. The minimum Gasteiger partial charge on any atom is -0.247 e. The summed E-state index contributed by atoms with van der Waals surface area (Å²) in [5.41, 5.74) is -2.31. The fourth-order valence-electron chi connectivity index (χ4n) is 3.91. The van der Waals surface area contributed by atoms with Crippen LogP contribution in [0.15, 0.2) is 77.4 Å². The van der Waals surface area contributed by atoms with Crippen molar-refractivity contribution in [2.24, 2.45) is 0 Å². The first-order valence-corrected chi connectivity index (χ1v) is 12.1. The second kappa shape index (κ2) is 12.3. The molecule has 0 aliphatic carbocycles. The van der Waals surface area contributed by atoms with Crippen molar-refractivity contribution in [2.75, 3.05) is 0 Å². The van der Waals surface area contributed by atoms with E-state index in [0.29, 0.717) is 22.3 Å². The summed E-state index contributed by atoms with van der Waals surface area (Å²) in [5, 5.41) is 0. The van der Waals surface area contributed by atoms with Gasteiger partial charge >= 0.3 is 34.1 Å². The molecule has 0 aromatic carbocycles. The summed E-state index contributed by atoms with van der Waals surface area (Å²) >= 11 is 0. The van der Waals surface area contributed by atoms with Gasteiger partial charge in [-0.15, -0.1) is 0 Å². The van der Waals surface area contributed by atoms with Gasteiger partial charge in [0.1, 0.15) is 0 Å². The molecule has 0 bridgehead atoms. The zero-order valence-corrected chi connectivity index (χ0v) is 22.6. The number of aromatic nitrogens is 6. The molecule has 0 aliphatic heterocycles. The molecular weight excluding hydrogens is 492 g/mol. The Morgan fingerprint density at radius 2 is 0.605 bits per heavy atom. The third-order valence-electron chi connectivity index (χ3n) is 5.50. The molecule has 0 saturated carbocycles. The van der Waals surface area contributed by atoms with Gasteiger partial charge in [-0.05, 0) is 40.5 Å². The predicted molar refractivity (Wildman–Crippen MR) is 147 cm³/mol. The van der Waals surface area contributed by atoms with Crippen molar-refractivity contribution in [1.82, 2.24) is 27.4 Å². The molecule has 0 aliphatic rings. The molecule has 2 rings (SSSR count). The van der Waals surface area contributed by atoms with Crippen LogP contribution in [0.4, 0.5) is 0 Å². The molecule has 0 radical (unpaired) electrons. The number of hydrogen-bond acceptors (Lipinski definition) is 6. The van der Waals surface area contributed by atoms with Crippen LogP contribution in [-0.4, -0.2) is 27.4 Å². The Hall–Kier alpha value is -4.22. The maximum Gasteiger partial charge on any atom is 0.336 e. The molecular formula is C26H36N6O6. The van der Waals surface area contributed by atoms with E-state index in [1.165, 1.54) is 0 Å². The smallest absolute Gasteiger partial charge is 0.247 e. The van der Waals surface area contributed by atoms with Gasteiger partial charge in [0.25, 0.3) is 0 Å². The molecule has 0 atom stereocenters. The average molecular weight is 529 g/mol. The second-order valence-corrected chi connectivity index (χ2v) is 9.88. The van der Waals surface area contributed by atoms with Crippen LogP contribution in [-0.2, 0) is 39.3 Å². The first-order chi connectivity index (χ1) is 17.7. The summed E-state index contributed by atoms with van der Waals surface area (Å²) in [7, 11) is 0. The van der Waals surface area contributed by atoms with E-state index >= 15 is 0 Å². The molecule has 0 unspecified atom stereocenters. The lowest BCUT2D eigenvalue weighted by Gasteiger charge is -2.15.